The van der Waals surface area contributed by atoms with Crippen LogP contribution in [-0.2, 0) is 0 Å². The van der Waals surface area contributed by atoms with Crippen molar-refractivity contribution in [2.75, 3.05) is 0 Å². The van der Waals surface area contributed by atoms with Crippen molar-refractivity contribution in [3.05, 3.63) is 47.3 Å². The quantitative estimate of drug-likeness (QED) is 0.387. The Hall–Kier alpha value is -0.910. The molecule has 0 bridgehead atoms. The molecule has 0 aromatic carbocycles. The molecule has 1 aliphatic carbocycles. The van der Waals surface area contributed by atoms with E-state index in [2.05, 4.69) is 59.4 Å². The van der Waals surface area contributed by atoms with Crippen molar-refractivity contribution < 1.29 is 4.89 Å². The molecular weight excluding hydrogens is 299 g/mol. The van der Waals surface area contributed by atoms with E-state index in [1.165, 1.54) is 11.1 Å². The second-order valence-corrected chi connectivity index (χ2v) is 8.62. The van der Waals surface area contributed by atoms with Gasteiger partial charge in [0, 0.05) is 6.42 Å². The summed E-state index contributed by atoms with van der Waals surface area (Å²) < 4.78 is 0. The summed E-state index contributed by atoms with van der Waals surface area (Å²) in [4.78, 5) is 12.9. The summed E-state index contributed by atoms with van der Waals surface area (Å²) in [5.41, 5.74) is 2.66. The van der Waals surface area contributed by atoms with Crippen molar-refractivity contribution in [2.24, 2.45) is 11.8 Å². The Morgan fingerprint density at radius 1 is 1.35 bits per heavy atom. The van der Waals surface area contributed by atoms with E-state index in [0.29, 0.717) is 11.8 Å². The van der Waals surface area contributed by atoms with Crippen LogP contribution in [0.2, 0.25) is 0 Å². The Labute approximate surface area is 144 Å². The summed E-state index contributed by atoms with van der Waals surface area (Å²) in [5, 5.41) is 2.10. The second kappa shape index (κ2) is 10.1. The minimum atomic E-state index is -1.42. The molecule has 0 heterocycles. The first-order valence-electron chi connectivity index (χ1n) is 8.92. The largest absolute Gasteiger partial charge is 0.626 e. The second-order valence-electron chi connectivity index (χ2n) is 6.94. The van der Waals surface area contributed by atoms with Crippen LogP contribution < -0.4 is 4.89 Å². The average Bonchev–Trinajstić information content (AvgIpc) is 2.53. The van der Waals surface area contributed by atoms with Gasteiger partial charge < -0.3 is 4.89 Å². The lowest BCUT2D eigenvalue weighted by Gasteiger charge is -2.20. The predicted octanol–water partition coefficient (Wildman–Crippen LogP) is 6.13. The van der Waals surface area contributed by atoms with Gasteiger partial charge in [-0.2, -0.15) is 0 Å². The van der Waals surface area contributed by atoms with Gasteiger partial charge in [-0.3, -0.25) is 0 Å². The van der Waals surface area contributed by atoms with Crippen LogP contribution in [0.25, 0.3) is 0 Å². The molecule has 0 amide bonds. The summed E-state index contributed by atoms with van der Waals surface area (Å²) in [6.45, 7) is 15.0. The van der Waals surface area contributed by atoms with Crippen LogP contribution in [-0.4, -0.2) is 5.29 Å². The predicted molar refractivity (Wildman–Crippen MR) is 105 cm³/mol. The maximum Gasteiger partial charge on any atom is 0.140 e. The molecular formula is C21H33OP. The Balaban J connectivity index is 3.08. The molecule has 23 heavy (non-hydrogen) atoms. The highest BCUT2D eigenvalue weighted by Gasteiger charge is 2.17. The van der Waals surface area contributed by atoms with Gasteiger partial charge in [0.1, 0.15) is 10.6 Å². The molecule has 1 nitrogen and oxygen atoms in total. The molecule has 0 saturated heterocycles. The lowest BCUT2D eigenvalue weighted by Crippen LogP contribution is -2.10. The molecule has 128 valence electrons. The zero-order valence-corrected chi connectivity index (χ0v) is 16.5. The minimum absolute atomic E-state index is 0.482. The van der Waals surface area contributed by atoms with Gasteiger partial charge >= 0.3 is 0 Å². The highest BCUT2D eigenvalue weighted by Crippen LogP contribution is 2.34. The topological polar surface area (TPSA) is 23.1 Å². The molecule has 0 aliphatic heterocycles. The van der Waals surface area contributed by atoms with Gasteiger partial charge in [-0.25, -0.2) is 0 Å². The third-order valence-electron chi connectivity index (χ3n) is 4.41. The standard InChI is InChI=1S/C21H33OP/c1-7-19(23(22)20-11-9-8-10-12-20)15-21(17(4)5)18(6)14-13-16(2)3/h9,11-12,15,17-18H,2,7-8,10,13-14H2,1,3-6H3/b21-15+. The zero-order valence-electron chi connectivity index (χ0n) is 15.6. The molecule has 2 heteroatoms. The molecule has 0 radical (unpaired) electrons. The first kappa shape index (κ1) is 20.1. The molecule has 2 atom stereocenters. The number of hydrogen-bond donors (Lipinski definition) is 0. The van der Waals surface area contributed by atoms with Gasteiger partial charge in [0.05, 0.1) is 7.77 Å². The minimum Gasteiger partial charge on any atom is -0.626 e. The molecule has 0 fully saturated rings. The van der Waals surface area contributed by atoms with Crippen molar-refractivity contribution in [1.29, 1.82) is 0 Å². The normalized spacial score (nSPS) is 17.9. The highest BCUT2D eigenvalue weighted by molar-refractivity contribution is 7.56. The van der Waals surface area contributed by atoms with Gasteiger partial charge in [-0.1, -0.05) is 44.9 Å². The molecule has 0 aromatic heterocycles. The first-order chi connectivity index (χ1) is 10.9. The summed E-state index contributed by atoms with van der Waals surface area (Å²) >= 11 is 0. The van der Waals surface area contributed by atoms with E-state index in [1.54, 1.807) is 0 Å². The first-order valence-corrected chi connectivity index (χ1v) is 10.2. The lowest BCUT2D eigenvalue weighted by molar-refractivity contribution is -0.150. The summed E-state index contributed by atoms with van der Waals surface area (Å²) in [6.07, 6.45) is 13.7. The molecule has 1 aliphatic rings. The Kier molecular flexibility index (Phi) is 8.81. The third kappa shape index (κ3) is 6.61. The zero-order chi connectivity index (χ0) is 17.4. The van der Waals surface area contributed by atoms with E-state index in [1.807, 2.05) is 6.08 Å². The Morgan fingerprint density at radius 3 is 2.52 bits per heavy atom. The van der Waals surface area contributed by atoms with E-state index in [4.69, 9.17) is 0 Å². The van der Waals surface area contributed by atoms with E-state index in [-0.39, 0.29) is 0 Å². The maximum absolute atomic E-state index is 12.9. The van der Waals surface area contributed by atoms with Crippen molar-refractivity contribution in [1.82, 2.24) is 0 Å². The van der Waals surface area contributed by atoms with Crippen molar-refractivity contribution in [3.8, 4) is 0 Å². The van der Waals surface area contributed by atoms with Crippen molar-refractivity contribution >= 4 is 13.1 Å². The highest BCUT2D eigenvalue weighted by atomic mass is 31.1. The average molecular weight is 332 g/mol. The van der Waals surface area contributed by atoms with Gasteiger partial charge in [-0.15, -0.1) is 6.58 Å². The smallest absolute Gasteiger partial charge is 0.140 e. The molecule has 0 saturated carbocycles. The molecule has 0 spiro atoms. The van der Waals surface area contributed by atoms with Crippen LogP contribution in [0.5, 0.6) is 0 Å². The van der Waals surface area contributed by atoms with Gasteiger partial charge in [-0.05, 0) is 62.7 Å². The van der Waals surface area contributed by atoms with Crippen molar-refractivity contribution in [2.45, 2.75) is 66.7 Å². The summed E-state index contributed by atoms with van der Waals surface area (Å²) in [6, 6.07) is 0. The van der Waals surface area contributed by atoms with Gasteiger partial charge in [0.25, 0.3) is 0 Å². The number of allylic oxidation sites excluding steroid dienone is 7. The van der Waals surface area contributed by atoms with Crippen LogP contribution in [0.15, 0.2) is 47.3 Å². The van der Waals surface area contributed by atoms with Crippen LogP contribution >= 0.6 is 7.77 Å². The summed E-state index contributed by atoms with van der Waals surface area (Å²) in [5.74, 6) is 0.989. The van der Waals surface area contributed by atoms with E-state index in [0.717, 1.165) is 42.7 Å². The van der Waals surface area contributed by atoms with Crippen LogP contribution in [0.3, 0.4) is 0 Å². The van der Waals surface area contributed by atoms with E-state index < -0.39 is 7.77 Å². The molecule has 0 aromatic rings. The molecule has 1 rings (SSSR count). The fraction of sp³-hybridized carbons (Fsp3) is 0.571. The van der Waals surface area contributed by atoms with E-state index >= 15 is 0 Å². The Bertz CT molecular complexity index is 532. The molecule has 2 unspecified atom stereocenters. The molecule has 0 N–H and O–H groups in total. The summed E-state index contributed by atoms with van der Waals surface area (Å²) in [7, 11) is -1.42. The third-order valence-corrected chi connectivity index (χ3v) is 6.17. The van der Waals surface area contributed by atoms with Crippen molar-refractivity contribution in [3.63, 3.8) is 0 Å². The monoisotopic (exact) mass is 332 g/mol. The van der Waals surface area contributed by atoms with Crippen LogP contribution in [0.1, 0.15) is 66.7 Å². The fourth-order valence-electron chi connectivity index (χ4n) is 2.92. The number of rotatable bonds is 8. The fourth-order valence-corrected chi connectivity index (χ4v) is 4.34. The van der Waals surface area contributed by atoms with Crippen LogP contribution in [0.4, 0.5) is 0 Å². The van der Waals surface area contributed by atoms with Gasteiger partial charge in [0.2, 0.25) is 0 Å². The number of hydrogen-bond acceptors (Lipinski definition) is 1. The Morgan fingerprint density at radius 2 is 2.04 bits per heavy atom. The maximum atomic E-state index is 12.9. The van der Waals surface area contributed by atoms with Crippen LogP contribution in [0, 0.1) is 11.8 Å². The van der Waals surface area contributed by atoms with E-state index in [9.17, 15) is 4.89 Å². The van der Waals surface area contributed by atoms with Gasteiger partial charge in [0.15, 0.2) is 0 Å². The SMILES string of the molecule is C=C(C)CCC(C)/C(=C/C(CC)=[P+]([O-])C1=CCCC=C1)C(C)C. The lowest BCUT2D eigenvalue weighted by atomic mass is 9.86.